The summed E-state index contributed by atoms with van der Waals surface area (Å²) in [5.41, 5.74) is 7.78. The Labute approximate surface area is 119 Å². The number of benzene rings is 1. The highest BCUT2D eigenvalue weighted by Crippen LogP contribution is 2.18. The van der Waals surface area contributed by atoms with Crippen molar-refractivity contribution in [2.24, 2.45) is 5.73 Å². The SMILES string of the molecule is CCOc1cncc(Nc2cccc(CCCN)c2)n1. The number of nitrogens with one attached hydrogen (secondary N) is 1. The number of nitrogens with two attached hydrogens (primary N) is 1. The molecular formula is C15H20N4O. The van der Waals surface area contributed by atoms with E-state index in [1.54, 1.807) is 12.4 Å². The Morgan fingerprint density at radius 3 is 3.00 bits per heavy atom. The van der Waals surface area contributed by atoms with E-state index in [4.69, 9.17) is 10.5 Å². The zero-order valence-corrected chi connectivity index (χ0v) is 11.7. The van der Waals surface area contributed by atoms with Crippen molar-refractivity contribution < 1.29 is 4.74 Å². The third-order valence-electron chi connectivity index (χ3n) is 2.77. The lowest BCUT2D eigenvalue weighted by Crippen LogP contribution is -2.01. The smallest absolute Gasteiger partial charge is 0.234 e. The van der Waals surface area contributed by atoms with Gasteiger partial charge in [-0.15, -0.1) is 0 Å². The average Bonchev–Trinajstić information content (AvgIpc) is 2.46. The van der Waals surface area contributed by atoms with Crippen LogP contribution in [-0.2, 0) is 6.42 Å². The predicted molar refractivity (Wildman–Crippen MR) is 80.3 cm³/mol. The number of aryl methyl sites for hydroxylation is 1. The molecule has 2 rings (SSSR count). The van der Waals surface area contributed by atoms with Gasteiger partial charge in [0.15, 0.2) is 5.82 Å². The largest absolute Gasteiger partial charge is 0.477 e. The first-order chi connectivity index (χ1) is 9.81. The van der Waals surface area contributed by atoms with Gasteiger partial charge < -0.3 is 15.8 Å². The first-order valence-corrected chi connectivity index (χ1v) is 6.82. The first-order valence-electron chi connectivity index (χ1n) is 6.82. The molecule has 1 aromatic carbocycles. The first kappa shape index (κ1) is 14.3. The summed E-state index contributed by atoms with van der Waals surface area (Å²) < 4.78 is 5.33. The molecule has 0 amide bonds. The van der Waals surface area contributed by atoms with E-state index in [2.05, 4.69) is 27.4 Å². The zero-order valence-electron chi connectivity index (χ0n) is 11.7. The zero-order chi connectivity index (χ0) is 14.2. The molecule has 1 heterocycles. The van der Waals surface area contributed by atoms with Gasteiger partial charge in [-0.3, -0.25) is 4.98 Å². The fourth-order valence-corrected chi connectivity index (χ4v) is 1.88. The van der Waals surface area contributed by atoms with Crippen LogP contribution in [0.15, 0.2) is 36.7 Å². The minimum absolute atomic E-state index is 0.525. The molecule has 0 unspecified atom stereocenters. The van der Waals surface area contributed by atoms with Gasteiger partial charge in [0.25, 0.3) is 0 Å². The lowest BCUT2D eigenvalue weighted by Gasteiger charge is -2.08. The molecule has 1 aromatic heterocycles. The molecule has 5 heteroatoms. The minimum Gasteiger partial charge on any atom is -0.477 e. The van der Waals surface area contributed by atoms with Gasteiger partial charge in [-0.1, -0.05) is 12.1 Å². The maximum Gasteiger partial charge on any atom is 0.234 e. The Morgan fingerprint density at radius 1 is 1.30 bits per heavy atom. The average molecular weight is 272 g/mol. The van der Waals surface area contributed by atoms with E-state index < -0.39 is 0 Å². The highest BCUT2D eigenvalue weighted by atomic mass is 16.5. The molecule has 0 bridgehead atoms. The second-order valence-electron chi connectivity index (χ2n) is 4.39. The normalized spacial score (nSPS) is 10.3. The van der Waals surface area contributed by atoms with Gasteiger partial charge in [0.1, 0.15) is 0 Å². The molecule has 106 valence electrons. The fourth-order valence-electron chi connectivity index (χ4n) is 1.88. The van der Waals surface area contributed by atoms with Gasteiger partial charge in [0.2, 0.25) is 5.88 Å². The van der Waals surface area contributed by atoms with Gasteiger partial charge >= 0.3 is 0 Å². The fraction of sp³-hybridized carbons (Fsp3) is 0.333. The summed E-state index contributed by atoms with van der Waals surface area (Å²) in [6.07, 6.45) is 5.25. The quantitative estimate of drug-likeness (QED) is 0.810. The Hall–Kier alpha value is -2.14. The van der Waals surface area contributed by atoms with E-state index in [9.17, 15) is 0 Å². The molecule has 0 radical (unpaired) electrons. The maximum absolute atomic E-state index is 5.54. The van der Waals surface area contributed by atoms with Gasteiger partial charge in [0.05, 0.1) is 19.0 Å². The number of hydrogen-bond donors (Lipinski definition) is 2. The van der Waals surface area contributed by atoms with E-state index in [1.807, 2.05) is 19.1 Å². The number of rotatable bonds is 7. The van der Waals surface area contributed by atoms with Crippen LogP contribution in [0.3, 0.4) is 0 Å². The van der Waals surface area contributed by atoms with Crippen molar-refractivity contribution in [2.45, 2.75) is 19.8 Å². The minimum atomic E-state index is 0.525. The summed E-state index contributed by atoms with van der Waals surface area (Å²) in [5.74, 6) is 1.20. The van der Waals surface area contributed by atoms with Gasteiger partial charge in [-0.25, -0.2) is 0 Å². The molecule has 0 aliphatic heterocycles. The molecule has 20 heavy (non-hydrogen) atoms. The van der Waals surface area contributed by atoms with Crippen molar-refractivity contribution in [2.75, 3.05) is 18.5 Å². The van der Waals surface area contributed by atoms with Crippen LogP contribution in [-0.4, -0.2) is 23.1 Å². The summed E-state index contributed by atoms with van der Waals surface area (Å²) >= 11 is 0. The van der Waals surface area contributed by atoms with Crippen molar-refractivity contribution in [1.29, 1.82) is 0 Å². The van der Waals surface area contributed by atoms with Crippen LogP contribution in [0.1, 0.15) is 18.9 Å². The molecule has 0 atom stereocenters. The van der Waals surface area contributed by atoms with E-state index in [-0.39, 0.29) is 0 Å². The molecule has 0 aliphatic rings. The molecule has 2 aromatic rings. The van der Waals surface area contributed by atoms with E-state index in [0.717, 1.165) is 18.5 Å². The Balaban J connectivity index is 2.07. The van der Waals surface area contributed by atoms with Crippen molar-refractivity contribution in [3.63, 3.8) is 0 Å². The van der Waals surface area contributed by atoms with Crippen LogP contribution in [0.25, 0.3) is 0 Å². The maximum atomic E-state index is 5.54. The van der Waals surface area contributed by atoms with E-state index in [1.165, 1.54) is 5.56 Å². The highest BCUT2D eigenvalue weighted by molar-refractivity contribution is 5.56. The molecule has 0 saturated carbocycles. The van der Waals surface area contributed by atoms with E-state index in [0.29, 0.717) is 24.8 Å². The lowest BCUT2D eigenvalue weighted by atomic mass is 10.1. The number of ether oxygens (including phenoxy) is 1. The third-order valence-corrected chi connectivity index (χ3v) is 2.77. The second kappa shape index (κ2) is 7.45. The molecule has 5 nitrogen and oxygen atoms in total. The standard InChI is InChI=1S/C15H20N4O/c1-2-20-15-11-17-10-14(19-15)18-13-7-3-5-12(9-13)6-4-8-16/h3,5,7,9-11H,2,4,6,8,16H2,1H3,(H,18,19). The molecule has 3 N–H and O–H groups in total. The molecule has 0 spiro atoms. The van der Waals surface area contributed by atoms with E-state index >= 15 is 0 Å². The van der Waals surface area contributed by atoms with Crippen molar-refractivity contribution in [1.82, 2.24) is 9.97 Å². The van der Waals surface area contributed by atoms with Crippen molar-refractivity contribution in [3.05, 3.63) is 42.2 Å². The molecular weight excluding hydrogens is 252 g/mol. The summed E-state index contributed by atoms with van der Waals surface area (Å²) in [6.45, 7) is 3.20. The van der Waals surface area contributed by atoms with Crippen LogP contribution in [0, 0.1) is 0 Å². The number of hydrogen-bond acceptors (Lipinski definition) is 5. The summed E-state index contributed by atoms with van der Waals surface area (Å²) in [4.78, 5) is 8.44. The number of aromatic nitrogens is 2. The van der Waals surface area contributed by atoms with Crippen LogP contribution < -0.4 is 15.8 Å². The monoisotopic (exact) mass is 272 g/mol. The lowest BCUT2D eigenvalue weighted by molar-refractivity contribution is 0.326. The highest BCUT2D eigenvalue weighted by Gasteiger charge is 2.01. The predicted octanol–water partition coefficient (Wildman–Crippen LogP) is 2.51. The summed E-state index contributed by atoms with van der Waals surface area (Å²) in [7, 11) is 0. The number of nitrogens with zero attached hydrogens (tertiary/aromatic N) is 2. The topological polar surface area (TPSA) is 73.1 Å². The van der Waals surface area contributed by atoms with Crippen LogP contribution >= 0.6 is 0 Å². The van der Waals surface area contributed by atoms with Gasteiger partial charge in [-0.05, 0) is 44.0 Å². The summed E-state index contributed by atoms with van der Waals surface area (Å²) in [5, 5.41) is 3.23. The van der Waals surface area contributed by atoms with Crippen LogP contribution in [0.4, 0.5) is 11.5 Å². The van der Waals surface area contributed by atoms with Crippen molar-refractivity contribution in [3.8, 4) is 5.88 Å². The van der Waals surface area contributed by atoms with Crippen LogP contribution in [0.5, 0.6) is 5.88 Å². The Bertz CT molecular complexity index is 545. The third kappa shape index (κ3) is 4.20. The Morgan fingerprint density at radius 2 is 2.20 bits per heavy atom. The molecule has 0 saturated heterocycles. The van der Waals surface area contributed by atoms with Crippen LogP contribution in [0.2, 0.25) is 0 Å². The second-order valence-corrected chi connectivity index (χ2v) is 4.39. The Kier molecular flexibility index (Phi) is 5.32. The number of anilines is 2. The van der Waals surface area contributed by atoms with Crippen molar-refractivity contribution >= 4 is 11.5 Å². The van der Waals surface area contributed by atoms with Gasteiger partial charge in [-0.2, -0.15) is 4.98 Å². The summed E-state index contributed by atoms with van der Waals surface area (Å²) in [6, 6.07) is 8.23. The molecule has 0 aliphatic carbocycles. The van der Waals surface area contributed by atoms with Gasteiger partial charge in [0, 0.05) is 5.69 Å². The molecule has 0 fully saturated rings.